The predicted molar refractivity (Wildman–Crippen MR) is 73.7 cm³/mol. The van der Waals surface area contributed by atoms with Gasteiger partial charge in [-0.3, -0.25) is 9.59 Å². The van der Waals surface area contributed by atoms with Gasteiger partial charge in [0.05, 0.1) is 6.54 Å². The Kier molecular flexibility index (Phi) is 5.78. The fraction of sp³-hybridized carbons (Fsp3) is 0.462. The van der Waals surface area contributed by atoms with E-state index in [1.807, 2.05) is 13.8 Å². The fourth-order valence-corrected chi connectivity index (χ4v) is 1.51. The summed E-state index contributed by atoms with van der Waals surface area (Å²) in [5.41, 5.74) is 6.80. The number of nitrogen functional groups attached to an aromatic ring is 1. The summed E-state index contributed by atoms with van der Waals surface area (Å²) in [5, 5.41) is 5.23. The second kappa shape index (κ2) is 7.35. The SMILES string of the molecule is CCCNC(=O)CNC(=O)c1cc(N)nc(CC)c1. The van der Waals surface area contributed by atoms with E-state index >= 15 is 0 Å². The summed E-state index contributed by atoms with van der Waals surface area (Å²) in [6.45, 7) is 4.46. The number of nitrogens with one attached hydrogen (secondary N) is 2. The van der Waals surface area contributed by atoms with Crippen LogP contribution in [0.4, 0.5) is 5.82 Å². The van der Waals surface area contributed by atoms with Gasteiger partial charge in [-0.25, -0.2) is 4.98 Å². The smallest absolute Gasteiger partial charge is 0.251 e. The van der Waals surface area contributed by atoms with Gasteiger partial charge < -0.3 is 16.4 Å². The highest BCUT2D eigenvalue weighted by atomic mass is 16.2. The van der Waals surface area contributed by atoms with Crippen LogP contribution in [0.15, 0.2) is 12.1 Å². The summed E-state index contributed by atoms with van der Waals surface area (Å²) in [5.74, 6) is -0.219. The molecule has 1 heterocycles. The molecular weight excluding hydrogens is 244 g/mol. The lowest BCUT2D eigenvalue weighted by atomic mass is 10.2. The predicted octanol–water partition coefficient (Wildman–Crippen LogP) is 0.482. The van der Waals surface area contributed by atoms with E-state index in [9.17, 15) is 9.59 Å². The van der Waals surface area contributed by atoms with Gasteiger partial charge in [-0.2, -0.15) is 0 Å². The Morgan fingerprint density at radius 2 is 2.00 bits per heavy atom. The van der Waals surface area contributed by atoms with Crippen molar-refractivity contribution >= 4 is 17.6 Å². The summed E-state index contributed by atoms with van der Waals surface area (Å²) in [4.78, 5) is 27.3. The van der Waals surface area contributed by atoms with Crippen LogP contribution in [-0.2, 0) is 11.2 Å². The number of rotatable bonds is 6. The Morgan fingerprint density at radius 3 is 2.63 bits per heavy atom. The van der Waals surface area contributed by atoms with Gasteiger partial charge in [0.2, 0.25) is 5.91 Å². The molecule has 0 aliphatic heterocycles. The number of aromatic nitrogens is 1. The molecule has 1 aromatic heterocycles. The van der Waals surface area contributed by atoms with Crippen molar-refractivity contribution in [2.45, 2.75) is 26.7 Å². The molecule has 1 rings (SSSR count). The Morgan fingerprint density at radius 1 is 1.26 bits per heavy atom. The van der Waals surface area contributed by atoms with Crippen LogP contribution in [0.5, 0.6) is 0 Å². The van der Waals surface area contributed by atoms with Crippen LogP contribution in [-0.4, -0.2) is 29.9 Å². The number of carbonyl (C=O) groups excluding carboxylic acids is 2. The van der Waals surface area contributed by atoms with E-state index in [4.69, 9.17) is 5.73 Å². The van der Waals surface area contributed by atoms with E-state index < -0.39 is 0 Å². The Hall–Kier alpha value is -2.11. The maximum absolute atomic E-state index is 11.9. The highest BCUT2D eigenvalue weighted by molar-refractivity contribution is 5.97. The van der Waals surface area contributed by atoms with Crippen molar-refractivity contribution in [2.75, 3.05) is 18.8 Å². The lowest BCUT2D eigenvalue weighted by Crippen LogP contribution is -2.37. The first-order valence-corrected chi connectivity index (χ1v) is 6.38. The number of pyridine rings is 1. The van der Waals surface area contributed by atoms with Crippen LogP contribution in [0.3, 0.4) is 0 Å². The second-order valence-electron chi connectivity index (χ2n) is 4.16. The van der Waals surface area contributed by atoms with E-state index in [0.29, 0.717) is 24.3 Å². The first kappa shape index (κ1) is 14.9. The second-order valence-corrected chi connectivity index (χ2v) is 4.16. The zero-order valence-electron chi connectivity index (χ0n) is 11.3. The summed E-state index contributed by atoms with van der Waals surface area (Å²) >= 11 is 0. The van der Waals surface area contributed by atoms with Crippen molar-refractivity contribution in [3.63, 3.8) is 0 Å². The zero-order chi connectivity index (χ0) is 14.3. The first-order chi connectivity index (χ1) is 9.06. The van der Waals surface area contributed by atoms with Crippen LogP contribution < -0.4 is 16.4 Å². The van der Waals surface area contributed by atoms with E-state index in [2.05, 4.69) is 15.6 Å². The standard InChI is InChI=1S/C13H20N4O2/c1-3-5-15-12(18)8-16-13(19)9-6-10(4-2)17-11(14)7-9/h6-7H,3-5,8H2,1-2H3,(H2,14,17)(H,15,18)(H,16,19). The highest BCUT2D eigenvalue weighted by Crippen LogP contribution is 2.08. The maximum atomic E-state index is 11.9. The average Bonchev–Trinajstić information content (AvgIpc) is 2.41. The molecule has 1 aromatic rings. The monoisotopic (exact) mass is 264 g/mol. The molecule has 6 nitrogen and oxygen atoms in total. The van der Waals surface area contributed by atoms with Crippen LogP contribution in [0.2, 0.25) is 0 Å². The van der Waals surface area contributed by atoms with Crippen LogP contribution >= 0.6 is 0 Å². The number of nitrogens with two attached hydrogens (primary N) is 1. The third-order valence-corrected chi connectivity index (χ3v) is 2.50. The molecule has 2 amide bonds. The van der Waals surface area contributed by atoms with Gasteiger partial charge in [0, 0.05) is 17.8 Å². The van der Waals surface area contributed by atoms with Crippen LogP contribution in [0, 0.1) is 0 Å². The number of amides is 2. The molecule has 19 heavy (non-hydrogen) atoms. The maximum Gasteiger partial charge on any atom is 0.251 e. The minimum Gasteiger partial charge on any atom is -0.384 e. The van der Waals surface area contributed by atoms with E-state index in [-0.39, 0.29) is 18.4 Å². The van der Waals surface area contributed by atoms with Gasteiger partial charge in [-0.1, -0.05) is 13.8 Å². The van der Waals surface area contributed by atoms with Gasteiger partial charge >= 0.3 is 0 Å². The number of anilines is 1. The summed E-state index contributed by atoms with van der Waals surface area (Å²) < 4.78 is 0. The van der Waals surface area contributed by atoms with Crippen molar-refractivity contribution in [3.8, 4) is 0 Å². The molecule has 0 aliphatic rings. The summed E-state index contributed by atoms with van der Waals surface area (Å²) in [6.07, 6.45) is 1.56. The lowest BCUT2D eigenvalue weighted by Gasteiger charge is -2.07. The molecular formula is C13H20N4O2. The first-order valence-electron chi connectivity index (χ1n) is 6.38. The average molecular weight is 264 g/mol. The number of hydrogen-bond acceptors (Lipinski definition) is 4. The fourth-order valence-electron chi connectivity index (χ4n) is 1.51. The van der Waals surface area contributed by atoms with Crippen molar-refractivity contribution in [3.05, 3.63) is 23.4 Å². The molecule has 6 heteroatoms. The van der Waals surface area contributed by atoms with Gasteiger partial charge in [0.25, 0.3) is 5.91 Å². The van der Waals surface area contributed by atoms with Crippen LogP contribution in [0.25, 0.3) is 0 Å². The molecule has 0 bridgehead atoms. The molecule has 0 saturated carbocycles. The molecule has 0 aromatic carbocycles. The Labute approximate surface area is 112 Å². The lowest BCUT2D eigenvalue weighted by molar-refractivity contribution is -0.120. The van der Waals surface area contributed by atoms with E-state index in [1.165, 1.54) is 6.07 Å². The zero-order valence-corrected chi connectivity index (χ0v) is 11.3. The highest BCUT2D eigenvalue weighted by Gasteiger charge is 2.09. The van der Waals surface area contributed by atoms with Crippen LogP contribution in [0.1, 0.15) is 36.3 Å². The van der Waals surface area contributed by atoms with Gasteiger partial charge in [-0.15, -0.1) is 0 Å². The number of nitrogens with zero attached hydrogens (tertiary/aromatic N) is 1. The van der Waals surface area contributed by atoms with Crippen molar-refractivity contribution < 1.29 is 9.59 Å². The van der Waals surface area contributed by atoms with Gasteiger partial charge in [0.1, 0.15) is 5.82 Å². The number of hydrogen-bond donors (Lipinski definition) is 3. The molecule has 0 radical (unpaired) electrons. The van der Waals surface area contributed by atoms with E-state index in [0.717, 1.165) is 12.1 Å². The largest absolute Gasteiger partial charge is 0.384 e. The summed E-state index contributed by atoms with van der Waals surface area (Å²) in [6, 6.07) is 3.17. The summed E-state index contributed by atoms with van der Waals surface area (Å²) in [7, 11) is 0. The minimum atomic E-state index is -0.324. The molecule has 0 saturated heterocycles. The molecule has 0 spiro atoms. The normalized spacial score (nSPS) is 10.0. The van der Waals surface area contributed by atoms with Gasteiger partial charge in [0.15, 0.2) is 0 Å². The van der Waals surface area contributed by atoms with Crippen molar-refractivity contribution in [2.24, 2.45) is 0 Å². The molecule has 0 atom stereocenters. The topological polar surface area (TPSA) is 97.1 Å². The number of carbonyl (C=O) groups is 2. The third-order valence-electron chi connectivity index (χ3n) is 2.50. The van der Waals surface area contributed by atoms with Gasteiger partial charge in [-0.05, 0) is 25.0 Å². The number of aryl methyl sites for hydroxylation is 1. The Bertz CT molecular complexity index is 460. The van der Waals surface area contributed by atoms with E-state index in [1.54, 1.807) is 6.07 Å². The minimum absolute atomic E-state index is 0.0392. The molecule has 0 aliphatic carbocycles. The van der Waals surface area contributed by atoms with Crippen molar-refractivity contribution in [1.82, 2.24) is 15.6 Å². The molecule has 104 valence electrons. The Balaban J connectivity index is 2.58. The quantitative estimate of drug-likeness (QED) is 0.696. The van der Waals surface area contributed by atoms with Crippen molar-refractivity contribution in [1.29, 1.82) is 0 Å². The molecule has 4 N–H and O–H groups in total. The molecule has 0 unspecified atom stereocenters. The molecule has 0 fully saturated rings. The third kappa shape index (κ3) is 4.95.